The van der Waals surface area contributed by atoms with E-state index in [1.54, 1.807) is 6.92 Å². The van der Waals surface area contributed by atoms with Gasteiger partial charge in [0.15, 0.2) is 0 Å². The molecule has 2 atom stereocenters. The van der Waals surface area contributed by atoms with Crippen molar-refractivity contribution in [1.29, 1.82) is 0 Å². The van der Waals surface area contributed by atoms with Crippen LogP contribution in [0.1, 0.15) is 25.0 Å². The maximum atomic E-state index is 12.8. The van der Waals surface area contributed by atoms with Crippen LogP contribution in [0.25, 0.3) is 0 Å². The maximum Gasteiger partial charge on any atom is 0.126 e. The number of hydrogen-bond acceptors (Lipinski definition) is 2. The minimum Gasteiger partial charge on any atom is -0.387 e. The summed E-state index contributed by atoms with van der Waals surface area (Å²) in [5.74, 6) is -1.41. The molecule has 2 nitrogen and oxygen atoms in total. The third-order valence-electron chi connectivity index (χ3n) is 2.10. The lowest BCUT2D eigenvalue weighted by Crippen LogP contribution is -2.27. The van der Waals surface area contributed by atoms with Gasteiger partial charge in [-0.1, -0.05) is 6.92 Å². The Morgan fingerprint density at radius 2 is 1.79 bits per heavy atom. The van der Waals surface area contributed by atoms with E-state index in [1.165, 1.54) is 0 Å². The number of halogens is 2. The van der Waals surface area contributed by atoms with Crippen molar-refractivity contribution in [2.45, 2.75) is 25.5 Å². The molecule has 0 bridgehead atoms. The van der Waals surface area contributed by atoms with Crippen LogP contribution in [0.2, 0.25) is 0 Å². The summed E-state index contributed by atoms with van der Waals surface area (Å²) < 4.78 is 25.5. The fourth-order valence-electron chi connectivity index (χ4n) is 1.22. The Hall–Kier alpha value is -1.00. The Kier molecular flexibility index (Phi) is 3.55. The summed E-state index contributed by atoms with van der Waals surface area (Å²) in [6.45, 7) is 1.80. The SMILES string of the molecule is CC[C@@H](N)[C@H](O)c1cc(F)cc(F)c1. The molecule has 0 radical (unpaired) electrons. The molecule has 1 aromatic carbocycles. The molecule has 0 heterocycles. The van der Waals surface area contributed by atoms with E-state index in [4.69, 9.17) is 5.73 Å². The van der Waals surface area contributed by atoms with E-state index in [-0.39, 0.29) is 5.56 Å². The van der Waals surface area contributed by atoms with Crippen molar-refractivity contribution >= 4 is 0 Å². The highest BCUT2D eigenvalue weighted by molar-refractivity contribution is 5.21. The van der Waals surface area contributed by atoms with E-state index in [9.17, 15) is 13.9 Å². The number of rotatable bonds is 3. The highest BCUT2D eigenvalue weighted by Crippen LogP contribution is 2.19. The molecule has 78 valence electrons. The molecule has 0 aliphatic carbocycles. The zero-order chi connectivity index (χ0) is 10.7. The standard InChI is InChI=1S/C10H13F2NO/c1-2-9(13)10(14)6-3-7(11)5-8(12)4-6/h3-5,9-10,14H,2,13H2,1H3/t9-,10-/m1/s1. The number of nitrogens with two attached hydrogens (primary N) is 1. The van der Waals surface area contributed by atoms with Crippen molar-refractivity contribution in [3.05, 3.63) is 35.4 Å². The van der Waals surface area contributed by atoms with Gasteiger partial charge in [-0.3, -0.25) is 0 Å². The maximum absolute atomic E-state index is 12.8. The van der Waals surface area contributed by atoms with Crippen LogP contribution in [0.15, 0.2) is 18.2 Å². The first kappa shape index (κ1) is 11.1. The van der Waals surface area contributed by atoms with Crippen LogP contribution in [0.5, 0.6) is 0 Å². The van der Waals surface area contributed by atoms with E-state index >= 15 is 0 Å². The molecule has 3 N–H and O–H groups in total. The molecule has 0 aromatic heterocycles. The van der Waals surface area contributed by atoms with Crippen molar-refractivity contribution in [3.63, 3.8) is 0 Å². The lowest BCUT2D eigenvalue weighted by Gasteiger charge is -2.17. The van der Waals surface area contributed by atoms with Gasteiger partial charge in [0, 0.05) is 12.1 Å². The molecule has 1 aromatic rings. The van der Waals surface area contributed by atoms with Crippen LogP contribution in [0, 0.1) is 11.6 Å². The van der Waals surface area contributed by atoms with Crippen LogP contribution < -0.4 is 5.73 Å². The molecule has 0 saturated heterocycles. The minimum absolute atomic E-state index is 0.178. The van der Waals surface area contributed by atoms with Crippen LogP contribution in [-0.4, -0.2) is 11.1 Å². The summed E-state index contributed by atoms with van der Waals surface area (Å²) in [6, 6.07) is 2.43. The third kappa shape index (κ3) is 2.49. The Balaban J connectivity index is 2.94. The van der Waals surface area contributed by atoms with Crippen molar-refractivity contribution in [3.8, 4) is 0 Å². The van der Waals surface area contributed by atoms with Gasteiger partial charge in [0.05, 0.1) is 6.10 Å². The summed E-state index contributed by atoms with van der Waals surface area (Å²) >= 11 is 0. The van der Waals surface area contributed by atoms with E-state index in [2.05, 4.69) is 0 Å². The lowest BCUT2D eigenvalue weighted by molar-refractivity contribution is 0.143. The first-order valence-electron chi connectivity index (χ1n) is 4.44. The number of aliphatic hydroxyl groups excluding tert-OH is 1. The van der Waals surface area contributed by atoms with Gasteiger partial charge in [-0.2, -0.15) is 0 Å². The summed E-state index contributed by atoms with van der Waals surface area (Å²) in [5.41, 5.74) is 5.73. The van der Waals surface area contributed by atoms with Gasteiger partial charge in [-0.05, 0) is 24.1 Å². The van der Waals surface area contributed by atoms with E-state index in [0.29, 0.717) is 6.42 Å². The van der Waals surface area contributed by atoms with Crippen molar-refractivity contribution in [2.24, 2.45) is 5.73 Å². The van der Waals surface area contributed by atoms with Gasteiger partial charge in [0.1, 0.15) is 11.6 Å². The Morgan fingerprint density at radius 1 is 1.29 bits per heavy atom. The molecule has 0 aliphatic heterocycles. The summed E-state index contributed by atoms with van der Waals surface area (Å²) in [7, 11) is 0. The number of benzene rings is 1. The first-order valence-corrected chi connectivity index (χ1v) is 4.44. The summed E-state index contributed by atoms with van der Waals surface area (Å²) in [6.07, 6.45) is -0.482. The molecule has 0 aliphatic rings. The van der Waals surface area contributed by atoms with E-state index < -0.39 is 23.8 Å². The van der Waals surface area contributed by atoms with E-state index in [0.717, 1.165) is 18.2 Å². The molecule has 0 amide bonds. The fourth-order valence-corrected chi connectivity index (χ4v) is 1.22. The monoisotopic (exact) mass is 201 g/mol. The molecule has 0 unspecified atom stereocenters. The Labute approximate surface area is 81.4 Å². The molecule has 0 spiro atoms. The summed E-state index contributed by atoms with van der Waals surface area (Å²) in [4.78, 5) is 0. The fraction of sp³-hybridized carbons (Fsp3) is 0.400. The average molecular weight is 201 g/mol. The topological polar surface area (TPSA) is 46.2 Å². The molecular weight excluding hydrogens is 188 g/mol. The van der Waals surface area contributed by atoms with Crippen molar-refractivity contribution < 1.29 is 13.9 Å². The van der Waals surface area contributed by atoms with Gasteiger partial charge in [0.2, 0.25) is 0 Å². The second-order valence-electron chi connectivity index (χ2n) is 3.22. The van der Waals surface area contributed by atoms with Gasteiger partial charge >= 0.3 is 0 Å². The van der Waals surface area contributed by atoms with Gasteiger partial charge in [-0.15, -0.1) is 0 Å². The predicted molar refractivity (Wildman–Crippen MR) is 49.6 cm³/mol. The Bertz CT molecular complexity index is 297. The smallest absolute Gasteiger partial charge is 0.126 e. The highest BCUT2D eigenvalue weighted by Gasteiger charge is 2.16. The van der Waals surface area contributed by atoms with E-state index in [1.807, 2.05) is 0 Å². The van der Waals surface area contributed by atoms with Gasteiger partial charge in [0.25, 0.3) is 0 Å². The number of hydrogen-bond donors (Lipinski definition) is 2. The van der Waals surface area contributed by atoms with Gasteiger partial charge < -0.3 is 10.8 Å². The molecule has 0 fully saturated rings. The predicted octanol–water partition coefficient (Wildman–Crippen LogP) is 1.74. The van der Waals surface area contributed by atoms with Crippen molar-refractivity contribution in [2.75, 3.05) is 0 Å². The normalized spacial score (nSPS) is 15.2. The van der Waals surface area contributed by atoms with Crippen LogP contribution in [0.3, 0.4) is 0 Å². The second kappa shape index (κ2) is 4.48. The first-order chi connectivity index (χ1) is 6.54. The van der Waals surface area contributed by atoms with Crippen molar-refractivity contribution in [1.82, 2.24) is 0 Å². The quantitative estimate of drug-likeness (QED) is 0.782. The molecular formula is C10H13F2NO. The van der Waals surface area contributed by atoms with Crippen LogP contribution in [0.4, 0.5) is 8.78 Å². The summed E-state index contributed by atoms with van der Waals surface area (Å²) in [5, 5.41) is 9.58. The second-order valence-corrected chi connectivity index (χ2v) is 3.22. The molecule has 0 saturated carbocycles. The molecule has 4 heteroatoms. The average Bonchev–Trinajstić information content (AvgIpc) is 2.14. The Morgan fingerprint density at radius 3 is 2.21 bits per heavy atom. The zero-order valence-electron chi connectivity index (χ0n) is 7.87. The molecule has 14 heavy (non-hydrogen) atoms. The zero-order valence-corrected chi connectivity index (χ0v) is 7.87. The largest absolute Gasteiger partial charge is 0.387 e. The molecule has 1 rings (SSSR count). The third-order valence-corrected chi connectivity index (χ3v) is 2.10. The van der Waals surface area contributed by atoms with Gasteiger partial charge in [-0.25, -0.2) is 8.78 Å². The number of aliphatic hydroxyl groups is 1. The van der Waals surface area contributed by atoms with Crippen LogP contribution in [-0.2, 0) is 0 Å². The highest BCUT2D eigenvalue weighted by atomic mass is 19.1. The lowest BCUT2D eigenvalue weighted by atomic mass is 10.0. The van der Waals surface area contributed by atoms with Crippen LogP contribution >= 0.6 is 0 Å². The minimum atomic E-state index is -1.02.